The van der Waals surface area contributed by atoms with E-state index in [0.717, 1.165) is 36.1 Å². The van der Waals surface area contributed by atoms with Crippen molar-refractivity contribution in [2.75, 3.05) is 13.1 Å². The number of rotatable bonds is 3. The summed E-state index contributed by atoms with van der Waals surface area (Å²) >= 11 is 0. The van der Waals surface area contributed by atoms with E-state index in [4.69, 9.17) is 9.51 Å². The van der Waals surface area contributed by atoms with Crippen molar-refractivity contribution in [2.45, 2.75) is 44.6 Å². The van der Waals surface area contributed by atoms with Gasteiger partial charge in [0.25, 0.3) is 11.5 Å². The van der Waals surface area contributed by atoms with Crippen LogP contribution in [0.1, 0.15) is 52.3 Å². The third-order valence-corrected chi connectivity index (χ3v) is 6.66. The summed E-state index contributed by atoms with van der Waals surface area (Å²) in [6.45, 7) is 2.46. The van der Waals surface area contributed by atoms with Gasteiger partial charge in [0.05, 0.1) is 17.9 Å². The Hall–Kier alpha value is -3.33. The minimum absolute atomic E-state index is 0.0927. The molecule has 0 bridgehead atoms. The van der Waals surface area contributed by atoms with Crippen LogP contribution in [0.5, 0.6) is 0 Å². The van der Waals surface area contributed by atoms with E-state index in [9.17, 15) is 14.7 Å². The summed E-state index contributed by atoms with van der Waals surface area (Å²) in [5.74, 6) is 0.751. The number of piperidine rings is 1. The summed E-state index contributed by atoms with van der Waals surface area (Å²) in [6.07, 6.45) is 6.35. The normalized spacial score (nSPS) is 17.2. The maximum Gasteiger partial charge on any atom is 0.276 e. The second-order valence-corrected chi connectivity index (χ2v) is 8.28. The molecule has 3 aromatic rings. The van der Waals surface area contributed by atoms with Gasteiger partial charge in [-0.2, -0.15) is 0 Å². The smallest absolute Gasteiger partial charge is 0.276 e. The highest BCUT2D eigenvalue weighted by atomic mass is 16.5. The Morgan fingerprint density at radius 1 is 1.32 bits per heavy atom. The molecule has 9 nitrogen and oxygen atoms in total. The van der Waals surface area contributed by atoms with Crippen LogP contribution in [0.4, 0.5) is 0 Å². The molecule has 2 aliphatic rings. The number of nitrogens with one attached hydrogen (secondary N) is 1. The number of aromatic nitrogens is 4. The lowest BCUT2D eigenvalue weighted by atomic mass is 9.76. The molecule has 1 saturated heterocycles. The predicted octanol–water partition coefficient (Wildman–Crippen LogP) is 1.74. The first-order valence-electron chi connectivity index (χ1n) is 10.4. The number of fused-ring (bicyclic) bond motifs is 2. The van der Waals surface area contributed by atoms with Crippen LogP contribution in [0.3, 0.4) is 0 Å². The lowest BCUT2D eigenvalue weighted by Gasteiger charge is -2.39. The molecule has 3 aromatic heterocycles. The van der Waals surface area contributed by atoms with Gasteiger partial charge in [-0.3, -0.25) is 14.6 Å². The van der Waals surface area contributed by atoms with Gasteiger partial charge in [-0.15, -0.1) is 0 Å². The first-order chi connectivity index (χ1) is 15.0. The van der Waals surface area contributed by atoms with Gasteiger partial charge in [-0.1, -0.05) is 5.16 Å². The highest BCUT2D eigenvalue weighted by Crippen LogP contribution is 2.44. The molecule has 1 aliphatic carbocycles. The average Bonchev–Trinajstić information content (AvgIpc) is 3.35. The van der Waals surface area contributed by atoms with Gasteiger partial charge in [0.15, 0.2) is 5.69 Å². The Labute approximate surface area is 178 Å². The first-order valence-corrected chi connectivity index (χ1v) is 10.4. The molecule has 0 atom stereocenters. The van der Waals surface area contributed by atoms with Crippen molar-refractivity contribution in [1.82, 2.24) is 25.0 Å². The Morgan fingerprint density at radius 3 is 2.84 bits per heavy atom. The van der Waals surface area contributed by atoms with Crippen LogP contribution in [0.25, 0.3) is 11.4 Å². The van der Waals surface area contributed by atoms with E-state index >= 15 is 0 Å². The van der Waals surface area contributed by atoms with Crippen molar-refractivity contribution in [2.24, 2.45) is 0 Å². The van der Waals surface area contributed by atoms with Gasteiger partial charge in [-0.25, -0.2) is 4.98 Å². The second kappa shape index (κ2) is 7.42. The number of aliphatic hydroxyl groups excluding tert-OH is 1. The van der Waals surface area contributed by atoms with Crippen LogP contribution in [0.15, 0.2) is 33.8 Å². The van der Waals surface area contributed by atoms with E-state index in [1.807, 2.05) is 12.1 Å². The van der Waals surface area contributed by atoms with Crippen molar-refractivity contribution in [3.8, 4) is 11.4 Å². The number of hydrogen-bond donors (Lipinski definition) is 2. The number of aryl methyl sites for hydroxylation is 1. The highest BCUT2D eigenvalue weighted by molar-refractivity contribution is 5.93. The van der Waals surface area contributed by atoms with E-state index < -0.39 is 0 Å². The fourth-order valence-corrected chi connectivity index (χ4v) is 4.81. The van der Waals surface area contributed by atoms with E-state index in [1.165, 1.54) is 0 Å². The van der Waals surface area contributed by atoms with Gasteiger partial charge >= 0.3 is 0 Å². The molecule has 0 unspecified atom stereocenters. The van der Waals surface area contributed by atoms with E-state index in [0.29, 0.717) is 36.7 Å². The molecule has 1 amide bonds. The molecule has 1 fully saturated rings. The van der Waals surface area contributed by atoms with Gasteiger partial charge in [0.2, 0.25) is 0 Å². The summed E-state index contributed by atoms with van der Waals surface area (Å²) in [6, 6.07) is 3.69. The van der Waals surface area contributed by atoms with Crippen molar-refractivity contribution < 1.29 is 14.4 Å². The third kappa shape index (κ3) is 3.16. The number of carbonyl (C=O) groups is 1. The molecule has 1 spiro atoms. The Morgan fingerprint density at radius 2 is 2.13 bits per heavy atom. The zero-order chi connectivity index (χ0) is 21.6. The fourth-order valence-electron chi connectivity index (χ4n) is 4.81. The molecule has 0 aromatic carbocycles. The van der Waals surface area contributed by atoms with Gasteiger partial charge in [0, 0.05) is 42.0 Å². The Balaban J connectivity index is 1.41. The number of aromatic amines is 1. The zero-order valence-electron chi connectivity index (χ0n) is 17.2. The van der Waals surface area contributed by atoms with Crippen molar-refractivity contribution in [3.63, 3.8) is 0 Å². The minimum Gasteiger partial charge on any atom is -0.391 e. The van der Waals surface area contributed by atoms with Crippen molar-refractivity contribution >= 4 is 5.91 Å². The summed E-state index contributed by atoms with van der Waals surface area (Å²) in [4.78, 5) is 39.3. The van der Waals surface area contributed by atoms with Crippen LogP contribution in [-0.2, 0) is 18.4 Å². The summed E-state index contributed by atoms with van der Waals surface area (Å²) in [5.41, 5.74) is 2.69. The number of carbonyl (C=O) groups excluding carboxylic acids is 1. The second-order valence-electron chi connectivity index (χ2n) is 8.28. The Kier molecular flexibility index (Phi) is 4.70. The van der Waals surface area contributed by atoms with Gasteiger partial charge < -0.3 is 19.5 Å². The standard InChI is InChI=1S/C22H23N5O4/c1-13-16(12-28)17(26-31-13)21(30)27-9-6-22(7-10-27)5-4-15-18(22)24-19(25-20(15)29)14-3-2-8-23-11-14/h2-3,8,11,28H,4-7,9-10,12H2,1H3,(H,24,25,29). The number of likely N-dealkylation sites (tertiary alicyclic amines) is 1. The minimum atomic E-state index is -0.286. The number of pyridine rings is 1. The largest absolute Gasteiger partial charge is 0.391 e. The quantitative estimate of drug-likeness (QED) is 0.660. The van der Waals surface area contributed by atoms with Gasteiger partial charge in [0.1, 0.15) is 11.6 Å². The molecule has 9 heteroatoms. The molecule has 31 heavy (non-hydrogen) atoms. The Bertz CT molecular complexity index is 1190. The number of H-pyrrole nitrogens is 1. The molecule has 4 heterocycles. The average molecular weight is 421 g/mol. The molecule has 0 radical (unpaired) electrons. The van der Waals surface area contributed by atoms with E-state index in [1.54, 1.807) is 24.2 Å². The van der Waals surface area contributed by atoms with Crippen molar-refractivity contribution in [3.05, 3.63) is 63.2 Å². The first kappa shape index (κ1) is 19.6. The molecular weight excluding hydrogens is 398 g/mol. The molecule has 1 aliphatic heterocycles. The molecule has 2 N–H and O–H groups in total. The number of nitrogens with zero attached hydrogens (tertiary/aromatic N) is 4. The van der Waals surface area contributed by atoms with Crippen molar-refractivity contribution in [1.29, 1.82) is 0 Å². The maximum absolute atomic E-state index is 12.9. The summed E-state index contributed by atoms with van der Waals surface area (Å²) in [7, 11) is 0. The fraction of sp³-hybridized carbons (Fsp3) is 0.409. The monoisotopic (exact) mass is 421 g/mol. The molecule has 5 rings (SSSR count). The van der Waals surface area contributed by atoms with Crippen LogP contribution in [-0.4, -0.2) is 49.1 Å². The number of aliphatic hydroxyl groups is 1. The van der Waals surface area contributed by atoms with Crippen LogP contribution in [0.2, 0.25) is 0 Å². The van der Waals surface area contributed by atoms with Crippen LogP contribution < -0.4 is 5.56 Å². The number of amides is 1. The third-order valence-electron chi connectivity index (χ3n) is 6.66. The SMILES string of the molecule is Cc1onc(C(=O)N2CCC3(CCc4c3nc(-c3cccnc3)[nH]c4=O)CC2)c1CO. The predicted molar refractivity (Wildman–Crippen MR) is 110 cm³/mol. The summed E-state index contributed by atoms with van der Waals surface area (Å²) in [5, 5.41) is 13.4. The summed E-state index contributed by atoms with van der Waals surface area (Å²) < 4.78 is 5.10. The molecule has 160 valence electrons. The molecular formula is C22H23N5O4. The highest BCUT2D eigenvalue weighted by Gasteiger charge is 2.45. The topological polar surface area (TPSA) is 125 Å². The number of hydrogen-bond acceptors (Lipinski definition) is 7. The van der Waals surface area contributed by atoms with Gasteiger partial charge in [-0.05, 0) is 44.7 Å². The van der Waals surface area contributed by atoms with Crippen LogP contribution in [0, 0.1) is 6.92 Å². The maximum atomic E-state index is 12.9. The van der Waals surface area contributed by atoms with Crippen LogP contribution >= 0.6 is 0 Å². The zero-order valence-corrected chi connectivity index (χ0v) is 17.2. The molecule has 0 saturated carbocycles. The van der Waals surface area contributed by atoms with E-state index in [2.05, 4.69) is 15.1 Å². The van der Waals surface area contributed by atoms with E-state index in [-0.39, 0.29) is 29.2 Å². The lowest BCUT2D eigenvalue weighted by Crippen LogP contribution is -2.45. The lowest BCUT2D eigenvalue weighted by molar-refractivity contribution is 0.0650.